The molecule has 31 heavy (non-hydrogen) atoms. The van der Waals surface area contributed by atoms with Crippen molar-refractivity contribution < 1.29 is 22.7 Å². The molecule has 2 N–H and O–H groups in total. The van der Waals surface area contributed by atoms with Gasteiger partial charge >= 0.3 is 5.97 Å². The van der Waals surface area contributed by atoms with Gasteiger partial charge in [-0.1, -0.05) is 51.0 Å². The number of hydrogen-bond donors (Lipinski definition) is 2. The van der Waals surface area contributed by atoms with Crippen LogP contribution in [0.2, 0.25) is 0 Å². The molecular weight excluding hydrogens is 416 g/mol. The maximum Gasteiger partial charge on any atom is 0.338 e. The third-order valence-corrected chi connectivity index (χ3v) is 5.83. The summed E-state index contributed by atoms with van der Waals surface area (Å²) in [6.45, 7) is 5.86. The molecule has 0 aliphatic heterocycles. The van der Waals surface area contributed by atoms with Crippen molar-refractivity contribution in [2.45, 2.75) is 37.6 Å². The van der Waals surface area contributed by atoms with Gasteiger partial charge in [0, 0.05) is 6.54 Å². The Balaban J connectivity index is 1.93. The van der Waals surface area contributed by atoms with Crippen molar-refractivity contribution in [3.05, 3.63) is 65.2 Å². The van der Waals surface area contributed by atoms with E-state index in [1.54, 1.807) is 24.3 Å². The van der Waals surface area contributed by atoms with Gasteiger partial charge in [0.15, 0.2) is 6.61 Å². The molecule has 1 amide bonds. The summed E-state index contributed by atoms with van der Waals surface area (Å²) in [5.74, 6) is 1.09. The monoisotopic (exact) mass is 442 g/mol. The van der Waals surface area contributed by atoms with E-state index < -0.39 is 28.5 Å². The van der Waals surface area contributed by atoms with E-state index in [0.29, 0.717) is 5.56 Å². The first-order valence-electron chi connectivity index (χ1n) is 9.59. The summed E-state index contributed by atoms with van der Waals surface area (Å²) in [7, 11) is -3.67. The minimum Gasteiger partial charge on any atom is -0.452 e. The van der Waals surface area contributed by atoms with Crippen LogP contribution in [0.25, 0.3) is 0 Å². The fourth-order valence-corrected chi connectivity index (χ4v) is 3.59. The number of sulfonamides is 1. The normalized spacial score (nSPS) is 11.4. The molecule has 0 saturated heterocycles. The van der Waals surface area contributed by atoms with E-state index in [9.17, 15) is 18.0 Å². The average molecular weight is 443 g/mol. The summed E-state index contributed by atoms with van der Waals surface area (Å²) in [6, 6.07) is 13.0. The van der Waals surface area contributed by atoms with Crippen molar-refractivity contribution in [1.29, 1.82) is 0 Å². The second-order valence-electron chi connectivity index (χ2n) is 7.85. The highest BCUT2D eigenvalue weighted by atomic mass is 32.2. The summed E-state index contributed by atoms with van der Waals surface area (Å²) >= 11 is 0. The average Bonchev–Trinajstić information content (AvgIpc) is 2.74. The van der Waals surface area contributed by atoms with E-state index in [4.69, 9.17) is 11.2 Å². The zero-order valence-corrected chi connectivity index (χ0v) is 18.6. The molecule has 2 rings (SSSR count). The molecule has 164 valence electrons. The van der Waals surface area contributed by atoms with Crippen molar-refractivity contribution in [2.75, 3.05) is 13.2 Å². The minimum atomic E-state index is -3.67. The van der Waals surface area contributed by atoms with E-state index in [1.165, 1.54) is 12.1 Å². The predicted molar refractivity (Wildman–Crippen MR) is 118 cm³/mol. The van der Waals surface area contributed by atoms with Crippen LogP contribution < -0.4 is 10.0 Å². The Labute approximate surface area is 183 Å². The van der Waals surface area contributed by atoms with Gasteiger partial charge in [-0.25, -0.2) is 17.9 Å². The Kier molecular flexibility index (Phi) is 7.97. The fraction of sp³-hybridized carbons (Fsp3) is 0.304. The van der Waals surface area contributed by atoms with Gasteiger partial charge in [-0.05, 0) is 40.8 Å². The lowest BCUT2D eigenvalue weighted by Crippen LogP contribution is -2.29. The van der Waals surface area contributed by atoms with Crippen LogP contribution in [0.15, 0.2) is 53.4 Å². The number of benzene rings is 2. The van der Waals surface area contributed by atoms with Gasteiger partial charge in [0.1, 0.15) is 0 Å². The highest BCUT2D eigenvalue weighted by Gasteiger charge is 2.17. The molecular formula is C23H26N2O5S. The largest absolute Gasteiger partial charge is 0.452 e. The Morgan fingerprint density at radius 1 is 1.03 bits per heavy atom. The van der Waals surface area contributed by atoms with Gasteiger partial charge in [-0.3, -0.25) is 4.79 Å². The Morgan fingerprint density at radius 2 is 1.65 bits per heavy atom. The molecule has 2 aromatic carbocycles. The SMILES string of the molecule is C#CCNC(=O)COC(=O)c1ccc(CNS(=O)(=O)c2ccc(C(C)(C)C)cc2)cc1. The van der Waals surface area contributed by atoms with Crippen LogP contribution in [0.1, 0.15) is 42.3 Å². The summed E-state index contributed by atoms with van der Waals surface area (Å²) < 4.78 is 32.5. The number of hydrogen-bond acceptors (Lipinski definition) is 5. The lowest BCUT2D eigenvalue weighted by Gasteiger charge is -2.19. The van der Waals surface area contributed by atoms with E-state index in [-0.39, 0.29) is 29.0 Å². The molecule has 0 saturated carbocycles. The molecule has 0 fully saturated rings. The number of terminal acetylenes is 1. The zero-order valence-electron chi connectivity index (χ0n) is 17.8. The second-order valence-corrected chi connectivity index (χ2v) is 9.62. The van der Waals surface area contributed by atoms with Crippen LogP contribution in [0.3, 0.4) is 0 Å². The molecule has 0 spiro atoms. The first kappa shape index (κ1) is 24.1. The number of carbonyl (C=O) groups is 2. The zero-order chi connectivity index (χ0) is 23.1. The molecule has 2 aromatic rings. The Bertz CT molecular complexity index is 1060. The first-order valence-corrected chi connectivity index (χ1v) is 11.1. The first-order chi connectivity index (χ1) is 14.5. The Morgan fingerprint density at radius 3 is 2.19 bits per heavy atom. The van der Waals surface area contributed by atoms with E-state index in [2.05, 4.69) is 36.7 Å². The van der Waals surface area contributed by atoms with Gasteiger partial charge in [-0.2, -0.15) is 0 Å². The highest BCUT2D eigenvalue weighted by Crippen LogP contribution is 2.23. The lowest BCUT2D eigenvalue weighted by molar-refractivity contribution is -0.123. The van der Waals surface area contributed by atoms with Crippen LogP contribution >= 0.6 is 0 Å². The van der Waals surface area contributed by atoms with Gasteiger partial charge in [0.05, 0.1) is 17.0 Å². The molecule has 0 aliphatic rings. The maximum atomic E-state index is 12.5. The second kappa shape index (κ2) is 10.2. The molecule has 0 radical (unpaired) electrons. The van der Waals surface area contributed by atoms with Crippen molar-refractivity contribution in [1.82, 2.24) is 10.0 Å². The number of amides is 1. The molecule has 0 bridgehead atoms. The van der Waals surface area contributed by atoms with E-state index >= 15 is 0 Å². The lowest BCUT2D eigenvalue weighted by atomic mass is 9.87. The number of carbonyl (C=O) groups excluding carboxylic acids is 2. The molecule has 0 heterocycles. The van der Waals surface area contributed by atoms with E-state index in [0.717, 1.165) is 5.56 Å². The molecule has 8 heteroatoms. The Hall–Kier alpha value is -3.15. The molecule has 7 nitrogen and oxygen atoms in total. The topological polar surface area (TPSA) is 102 Å². The third kappa shape index (κ3) is 7.24. The van der Waals surface area contributed by atoms with Crippen LogP contribution in [-0.2, 0) is 31.5 Å². The van der Waals surface area contributed by atoms with Crippen molar-refractivity contribution in [3.8, 4) is 12.3 Å². The standard InChI is InChI=1S/C23H26N2O5S/c1-5-14-24-21(26)16-30-22(27)18-8-6-17(7-9-18)15-25-31(28,29)20-12-10-19(11-13-20)23(2,3)4/h1,6-13,25H,14-16H2,2-4H3,(H,24,26). The van der Waals surface area contributed by atoms with Crippen molar-refractivity contribution in [2.24, 2.45) is 0 Å². The summed E-state index contributed by atoms with van der Waals surface area (Å²) in [4.78, 5) is 23.6. The number of ether oxygens (including phenoxy) is 1. The van der Waals surface area contributed by atoms with Gasteiger partial charge in [-0.15, -0.1) is 6.42 Å². The van der Waals surface area contributed by atoms with Crippen LogP contribution in [0.5, 0.6) is 0 Å². The quantitative estimate of drug-likeness (QED) is 0.483. The summed E-state index contributed by atoms with van der Waals surface area (Å²) in [5, 5.41) is 2.39. The van der Waals surface area contributed by atoms with Gasteiger partial charge < -0.3 is 10.1 Å². The van der Waals surface area contributed by atoms with Gasteiger partial charge in [0.25, 0.3) is 5.91 Å². The van der Waals surface area contributed by atoms with Crippen molar-refractivity contribution in [3.63, 3.8) is 0 Å². The fourth-order valence-electron chi connectivity index (χ4n) is 2.57. The predicted octanol–water partition coefficient (Wildman–Crippen LogP) is 2.37. The number of esters is 1. The third-order valence-electron chi connectivity index (χ3n) is 4.41. The van der Waals surface area contributed by atoms with Crippen LogP contribution in [0, 0.1) is 12.3 Å². The minimum absolute atomic E-state index is 0.0573. The number of nitrogens with one attached hydrogen (secondary N) is 2. The van der Waals surface area contributed by atoms with Crippen molar-refractivity contribution >= 4 is 21.9 Å². The molecule has 0 aliphatic carbocycles. The summed E-state index contributed by atoms with van der Waals surface area (Å²) in [6.07, 6.45) is 5.03. The molecule has 0 aromatic heterocycles. The number of rotatable bonds is 8. The smallest absolute Gasteiger partial charge is 0.338 e. The van der Waals surface area contributed by atoms with Gasteiger partial charge in [0.2, 0.25) is 10.0 Å². The highest BCUT2D eigenvalue weighted by molar-refractivity contribution is 7.89. The molecule has 0 atom stereocenters. The summed E-state index contributed by atoms with van der Waals surface area (Å²) in [5.41, 5.74) is 1.89. The molecule has 0 unspecified atom stereocenters. The van der Waals surface area contributed by atoms with Crippen LogP contribution in [-0.4, -0.2) is 33.4 Å². The van der Waals surface area contributed by atoms with E-state index in [1.807, 2.05) is 12.1 Å². The van der Waals surface area contributed by atoms with Crippen LogP contribution in [0.4, 0.5) is 0 Å². The maximum absolute atomic E-state index is 12.5.